The molecule has 0 amide bonds. The lowest BCUT2D eigenvalue weighted by molar-refractivity contribution is -0.155. The molecule has 0 aliphatic heterocycles. The molecule has 0 aromatic rings. The predicted octanol–water partition coefficient (Wildman–Crippen LogP) is 1.90. The first kappa shape index (κ1) is 11.1. The van der Waals surface area contributed by atoms with Crippen LogP contribution in [0.4, 0.5) is 0 Å². The Morgan fingerprint density at radius 3 is 2.58 bits per heavy atom. The van der Waals surface area contributed by atoms with Gasteiger partial charge in [-0.3, -0.25) is 9.59 Å². The summed E-state index contributed by atoms with van der Waals surface area (Å²) in [4.78, 5) is 20.9. The van der Waals surface area contributed by atoms with Crippen LogP contribution in [0.5, 0.6) is 0 Å². The van der Waals surface area contributed by atoms with Crippen LogP contribution in [0.15, 0.2) is 0 Å². The summed E-state index contributed by atoms with van der Waals surface area (Å²) in [6.07, 6.45) is 3.63. The standard InChI is InChI=1S/C9H16O3/c1-3-5-6-8(4-2)9(11)12-7-10/h7-8H,3-6H2,1-2H3. The molecule has 1 atom stereocenters. The van der Waals surface area contributed by atoms with Crippen molar-refractivity contribution in [2.75, 3.05) is 0 Å². The van der Waals surface area contributed by atoms with E-state index in [1.54, 1.807) is 0 Å². The summed E-state index contributed by atoms with van der Waals surface area (Å²) < 4.78 is 4.27. The average molecular weight is 172 g/mol. The molecule has 0 aliphatic carbocycles. The molecule has 0 rings (SSSR count). The number of hydrogen-bond acceptors (Lipinski definition) is 3. The molecule has 0 heterocycles. The van der Waals surface area contributed by atoms with Crippen LogP contribution in [0, 0.1) is 5.92 Å². The summed E-state index contributed by atoms with van der Waals surface area (Å²) in [6.45, 7) is 4.20. The van der Waals surface area contributed by atoms with Gasteiger partial charge >= 0.3 is 12.4 Å². The Bertz CT molecular complexity index is 143. The average Bonchev–Trinajstić information content (AvgIpc) is 2.06. The van der Waals surface area contributed by atoms with Crippen molar-refractivity contribution >= 4 is 12.4 Å². The van der Waals surface area contributed by atoms with E-state index in [-0.39, 0.29) is 18.4 Å². The summed E-state index contributed by atoms with van der Waals surface area (Å²) in [7, 11) is 0. The van der Waals surface area contributed by atoms with Gasteiger partial charge < -0.3 is 4.74 Å². The van der Waals surface area contributed by atoms with Crippen LogP contribution in [0.3, 0.4) is 0 Å². The van der Waals surface area contributed by atoms with Crippen LogP contribution in [0.1, 0.15) is 39.5 Å². The van der Waals surface area contributed by atoms with Gasteiger partial charge in [0.1, 0.15) is 0 Å². The highest BCUT2D eigenvalue weighted by Crippen LogP contribution is 2.13. The second-order valence-corrected chi connectivity index (χ2v) is 2.78. The molecule has 0 fully saturated rings. The van der Waals surface area contributed by atoms with Gasteiger partial charge in [-0.05, 0) is 12.8 Å². The van der Waals surface area contributed by atoms with Crippen molar-refractivity contribution in [1.29, 1.82) is 0 Å². The Hall–Kier alpha value is -0.860. The number of hydrogen-bond donors (Lipinski definition) is 0. The molecule has 70 valence electrons. The van der Waals surface area contributed by atoms with Crippen LogP contribution in [-0.4, -0.2) is 12.4 Å². The van der Waals surface area contributed by atoms with Crippen LogP contribution in [0.25, 0.3) is 0 Å². The van der Waals surface area contributed by atoms with Crippen molar-refractivity contribution in [3.63, 3.8) is 0 Å². The summed E-state index contributed by atoms with van der Waals surface area (Å²) in [5, 5.41) is 0. The van der Waals surface area contributed by atoms with E-state index in [0.717, 1.165) is 25.7 Å². The van der Waals surface area contributed by atoms with Crippen LogP contribution in [-0.2, 0) is 14.3 Å². The first-order chi connectivity index (χ1) is 5.76. The smallest absolute Gasteiger partial charge is 0.316 e. The maximum Gasteiger partial charge on any atom is 0.316 e. The zero-order valence-corrected chi connectivity index (χ0v) is 7.71. The zero-order valence-electron chi connectivity index (χ0n) is 7.71. The van der Waals surface area contributed by atoms with Crippen LogP contribution in [0.2, 0.25) is 0 Å². The van der Waals surface area contributed by atoms with Gasteiger partial charge in [0.2, 0.25) is 0 Å². The molecule has 12 heavy (non-hydrogen) atoms. The van der Waals surface area contributed by atoms with Crippen molar-refractivity contribution in [2.24, 2.45) is 5.92 Å². The molecule has 0 radical (unpaired) electrons. The topological polar surface area (TPSA) is 43.4 Å². The Morgan fingerprint density at radius 1 is 1.50 bits per heavy atom. The lowest BCUT2D eigenvalue weighted by Gasteiger charge is -2.09. The minimum Gasteiger partial charge on any atom is -0.395 e. The van der Waals surface area contributed by atoms with Gasteiger partial charge in [0.15, 0.2) is 0 Å². The molecule has 0 aromatic carbocycles. The molecule has 0 saturated carbocycles. The third-order valence-electron chi connectivity index (χ3n) is 1.90. The molecule has 3 heteroatoms. The first-order valence-electron chi connectivity index (χ1n) is 4.40. The molecule has 0 aromatic heterocycles. The van der Waals surface area contributed by atoms with Gasteiger partial charge in [-0.2, -0.15) is 0 Å². The zero-order chi connectivity index (χ0) is 9.40. The second kappa shape index (κ2) is 6.83. The van der Waals surface area contributed by atoms with Gasteiger partial charge in [0.25, 0.3) is 0 Å². The summed E-state index contributed by atoms with van der Waals surface area (Å²) in [5.74, 6) is -0.490. The normalized spacial score (nSPS) is 12.2. The number of unbranched alkanes of at least 4 members (excludes halogenated alkanes) is 1. The van der Waals surface area contributed by atoms with Gasteiger partial charge in [0, 0.05) is 0 Å². The van der Waals surface area contributed by atoms with E-state index < -0.39 is 0 Å². The second-order valence-electron chi connectivity index (χ2n) is 2.78. The minimum atomic E-state index is -0.388. The third-order valence-corrected chi connectivity index (χ3v) is 1.90. The highest BCUT2D eigenvalue weighted by molar-refractivity contribution is 5.78. The monoisotopic (exact) mass is 172 g/mol. The van der Waals surface area contributed by atoms with Crippen molar-refractivity contribution in [3.05, 3.63) is 0 Å². The van der Waals surface area contributed by atoms with E-state index in [2.05, 4.69) is 11.7 Å². The van der Waals surface area contributed by atoms with Gasteiger partial charge in [-0.15, -0.1) is 0 Å². The van der Waals surface area contributed by atoms with Crippen molar-refractivity contribution in [3.8, 4) is 0 Å². The Balaban J connectivity index is 3.78. The van der Waals surface area contributed by atoms with Crippen LogP contribution < -0.4 is 0 Å². The Labute approximate surface area is 73.1 Å². The summed E-state index contributed by atoms with van der Waals surface area (Å²) >= 11 is 0. The number of rotatable bonds is 6. The minimum absolute atomic E-state index is 0.102. The molecular weight excluding hydrogens is 156 g/mol. The fourth-order valence-corrected chi connectivity index (χ4v) is 1.08. The van der Waals surface area contributed by atoms with Crippen molar-refractivity contribution in [1.82, 2.24) is 0 Å². The van der Waals surface area contributed by atoms with E-state index in [4.69, 9.17) is 0 Å². The van der Waals surface area contributed by atoms with Crippen LogP contribution >= 0.6 is 0 Å². The third kappa shape index (κ3) is 4.11. The summed E-state index contributed by atoms with van der Waals surface area (Å²) in [5.41, 5.74) is 0. The van der Waals surface area contributed by atoms with Crippen molar-refractivity contribution < 1.29 is 14.3 Å². The van der Waals surface area contributed by atoms with E-state index in [9.17, 15) is 9.59 Å². The van der Waals surface area contributed by atoms with Gasteiger partial charge in [0.05, 0.1) is 5.92 Å². The molecule has 0 aliphatic rings. The molecule has 0 saturated heterocycles. The number of esters is 1. The van der Waals surface area contributed by atoms with Gasteiger partial charge in [-0.1, -0.05) is 26.7 Å². The highest BCUT2D eigenvalue weighted by Gasteiger charge is 2.16. The quantitative estimate of drug-likeness (QED) is 0.349. The van der Waals surface area contributed by atoms with E-state index in [1.165, 1.54) is 0 Å². The highest BCUT2D eigenvalue weighted by atomic mass is 16.6. The molecule has 0 N–H and O–H groups in total. The number of carbonyl (C=O) groups excluding carboxylic acids is 2. The number of carbonyl (C=O) groups is 2. The predicted molar refractivity (Wildman–Crippen MR) is 45.5 cm³/mol. The SMILES string of the molecule is CCCCC(CC)C(=O)OC=O. The maximum absolute atomic E-state index is 11.0. The lowest BCUT2D eigenvalue weighted by atomic mass is 10.00. The summed E-state index contributed by atoms with van der Waals surface area (Å²) in [6, 6.07) is 0. The molecule has 1 unspecified atom stereocenters. The van der Waals surface area contributed by atoms with Crippen molar-refractivity contribution in [2.45, 2.75) is 39.5 Å². The van der Waals surface area contributed by atoms with E-state index >= 15 is 0 Å². The lowest BCUT2D eigenvalue weighted by Crippen LogP contribution is -2.16. The maximum atomic E-state index is 11.0. The fourth-order valence-electron chi connectivity index (χ4n) is 1.08. The fraction of sp³-hybridized carbons (Fsp3) is 0.778. The molecule has 3 nitrogen and oxygen atoms in total. The molecule has 0 bridgehead atoms. The van der Waals surface area contributed by atoms with Gasteiger partial charge in [-0.25, -0.2) is 0 Å². The van der Waals surface area contributed by atoms with E-state index in [0.29, 0.717) is 0 Å². The van der Waals surface area contributed by atoms with E-state index in [1.807, 2.05) is 6.92 Å². The first-order valence-corrected chi connectivity index (χ1v) is 4.40. The Morgan fingerprint density at radius 2 is 2.17 bits per heavy atom. The Kier molecular flexibility index (Phi) is 6.34. The number of ether oxygens (including phenoxy) is 1. The largest absolute Gasteiger partial charge is 0.395 e. The molecule has 0 spiro atoms. The molecular formula is C9H16O3.